The van der Waals surface area contributed by atoms with Crippen molar-refractivity contribution in [2.75, 3.05) is 6.54 Å². The molecule has 0 atom stereocenters. The van der Waals surface area contributed by atoms with E-state index in [9.17, 15) is 0 Å². The summed E-state index contributed by atoms with van der Waals surface area (Å²) in [6, 6.07) is 2.15. The Morgan fingerprint density at radius 2 is 2.00 bits per heavy atom. The molecule has 0 saturated heterocycles. The highest BCUT2D eigenvalue weighted by Gasteiger charge is 2.17. The molecule has 0 fully saturated rings. The summed E-state index contributed by atoms with van der Waals surface area (Å²) in [5, 5.41) is 8.78. The summed E-state index contributed by atoms with van der Waals surface area (Å²) in [4.78, 5) is 4.26. The molecule has 2 heteroatoms. The van der Waals surface area contributed by atoms with E-state index < -0.39 is 0 Å². The predicted molar refractivity (Wildman–Crippen MR) is 52.3 cm³/mol. The summed E-state index contributed by atoms with van der Waals surface area (Å²) >= 11 is 0. The van der Waals surface area contributed by atoms with Crippen molar-refractivity contribution in [2.45, 2.75) is 40.5 Å². The SMILES string of the molecule is CCCCN=C(C#N)C(C)(C)C. The number of hydrogen-bond donors (Lipinski definition) is 0. The average Bonchev–Trinajstić information content (AvgIpc) is 1.95. The molecule has 12 heavy (non-hydrogen) atoms. The summed E-state index contributed by atoms with van der Waals surface area (Å²) in [6.07, 6.45) is 2.20. The van der Waals surface area contributed by atoms with E-state index in [-0.39, 0.29) is 5.41 Å². The fourth-order valence-electron chi connectivity index (χ4n) is 0.789. The summed E-state index contributed by atoms with van der Waals surface area (Å²) in [7, 11) is 0. The number of hydrogen-bond acceptors (Lipinski definition) is 2. The van der Waals surface area contributed by atoms with E-state index in [4.69, 9.17) is 5.26 Å². The molecule has 2 nitrogen and oxygen atoms in total. The topological polar surface area (TPSA) is 36.1 Å². The van der Waals surface area contributed by atoms with Gasteiger partial charge in [0, 0.05) is 12.0 Å². The molecule has 0 heterocycles. The average molecular weight is 166 g/mol. The first kappa shape index (κ1) is 11.2. The molecule has 0 rings (SSSR count). The Kier molecular flexibility index (Phi) is 4.58. The lowest BCUT2D eigenvalue weighted by Crippen LogP contribution is -2.18. The molecule has 0 aromatic carbocycles. The maximum Gasteiger partial charge on any atom is 0.117 e. The minimum Gasteiger partial charge on any atom is -0.278 e. The summed E-state index contributed by atoms with van der Waals surface area (Å²) in [6.45, 7) is 8.96. The van der Waals surface area contributed by atoms with Crippen molar-refractivity contribution >= 4 is 5.71 Å². The van der Waals surface area contributed by atoms with Crippen LogP contribution in [-0.2, 0) is 0 Å². The van der Waals surface area contributed by atoms with Crippen molar-refractivity contribution in [1.29, 1.82) is 5.26 Å². The van der Waals surface area contributed by atoms with Gasteiger partial charge in [-0.05, 0) is 6.42 Å². The Morgan fingerprint density at radius 3 is 2.33 bits per heavy atom. The van der Waals surface area contributed by atoms with Gasteiger partial charge in [-0.2, -0.15) is 5.26 Å². The van der Waals surface area contributed by atoms with Crippen LogP contribution in [0.1, 0.15) is 40.5 Å². The maximum absolute atomic E-state index is 8.78. The number of rotatable bonds is 3. The fourth-order valence-corrected chi connectivity index (χ4v) is 0.789. The molecule has 0 radical (unpaired) electrons. The molecular weight excluding hydrogens is 148 g/mol. The van der Waals surface area contributed by atoms with Crippen molar-refractivity contribution in [1.82, 2.24) is 0 Å². The molecule has 0 amide bonds. The smallest absolute Gasteiger partial charge is 0.117 e. The molecule has 0 spiro atoms. The first-order chi connectivity index (χ1) is 5.52. The second kappa shape index (κ2) is 4.92. The van der Waals surface area contributed by atoms with Crippen LogP contribution < -0.4 is 0 Å². The molecule has 0 saturated carbocycles. The third-order valence-electron chi connectivity index (χ3n) is 1.60. The number of nitrogens with zero attached hydrogens (tertiary/aromatic N) is 2. The first-order valence-electron chi connectivity index (χ1n) is 4.47. The van der Waals surface area contributed by atoms with Gasteiger partial charge in [-0.3, -0.25) is 4.99 Å². The highest BCUT2D eigenvalue weighted by molar-refractivity contribution is 6.02. The largest absolute Gasteiger partial charge is 0.278 e. The van der Waals surface area contributed by atoms with Crippen molar-refractivity contribution in [3.8, 4) is 6.07 Å². The predicted octanol–water partition coefficient (Wildman–Crippen LogP) is 2.80. The van der Waals surface area contributed by atoms with E-state index in [1.165, 1.54) is 0 Å². The van der Waals surface area contributed by atoms with Crippen LogP contribution in [0.3, 0.4) is 0 Å². The van der Waals surface area contributed by atoms with Crippen LogP contribution in [0.15, 0.2) is 4.99 Å². The Labute approximate surface area is 75.3 Å². The van der Waals surface area contributed by atoms with Gasteiger partial charge in [0.15, 0.2) is 0 Å². The minimum atomic E-state index is -0.0948. The van der Waals surface area contributed by atoms with E-state index in [1.54, 1.807) is 0 Å². The molecule has 0 aromatic heterocycles. The van der Waals surface area contributed by atoms with Crippen LogP contribution in [0.2, 0.25) is 0 Å². The fraction of sp³-hybridized carbons (Fsp3) is 0.800. The highest BCUT2D eigenvalue weighted by Crippen LogP contribution is 2.15. The Balaban J connectivity index is 4.18. The lowest BCUT2D eigenvalue weighted by atomic mass is 9.91. The molecule has 0 unspecified atom stereocenters. The molecule has 0 aliphatic rings. The van der Waals surface area contributed by atoms with Gasteiger partial charge < -0.3 is 0 Å². The Hall–Kier alpha value is -0.840. The van der Waals surface area contributed by atoms with Crippen LogP contribution in [-0.4, -0.2) is 12.3 Å². The second-order valence-electron chi connectivity index (χ2n) is 3.95. The maximum atomic E-state index is 8.78. The molecule has 0 aromatic rings. The Morgan fingerprint density at radius 1 is 1.42 bits per heavy atom. The number of unbranched alkanes of at least 4 members (excludes halogenated alkanes) is 1. The summed E-state index contributed by atoms with van der Waals surface area (Å²) < 4.78 is 0. The lowest BCUT2D eigenvalue weighted by molar-refractivity contribution is 0.591. The molecule has 0 N–H and O–H groups in total. The van der Waals surface area contributed by atoms with E-state index >= 15 is 0 Å². The van der Waals surface area contributed by atoms with Gasteiger partial charge in [0.1, 0.15) is 11.8 Å². The third kappa shape index (κ3) is 4.12. The Bertz CT molecular complexity index is 191. The van der Waals surface area contributed by atoms with Crippen molar-refractivity contribution < 1.29 is 0 Å². The summed E-state index contributed by atoms with van der Waals surface area (Å²) in [5.74, 6) is 0. The van der Waals surface area contributed by atoms with Crippen LogP contribution in [0.25, 0.3) is 0 Å². The van der Waals surface area contributed by atoms with Gasteiger partial charge in [0.2, 0.25) is 0 Å². The van der Waals surface area contributed by atoms with Crippen molar-refractivity contribution in [2.24, 2.45) is 10.4 Å². The zero-order valence-electron chi connectivity index (χ0n) is 8.52. The normalized spacial score (nSPS) is 12.8. The standard InChI is InChI=1S/C10H18N2/c1-5-6-7-12-9(8-11)10(2,3)4/h5-7H2,1-4H3. The van der Waals surface area contributed by atoms with Crippen LogP contribution in [0.5, 0.6) is 0 Å². The van der Waals surface area contributed by atoms with E-state index in [1.807, 2.05) is 20.8 Å². The van der Waals surface area contributed by atoms with Gasteiger partial charge in [-0.1, -0.05) is 34.1 Å². The minimum absolute atomic E-state index is 0.0948. The van der Waals surface area contributed by atoms with Crippen molar-refractivity contribution in [3.63, 3.8) is 0 Å². The van der Waals surface area contributed by atoms with Crippen LogP contribution in [0, 0.1) is 16.7 Å². The van der Waals surface area contributed by atoms with E-state index in [2.05, 4.69) is 18.0 Å². The van der Waals surface area contributed by atoms with Gasteiger partial charge >= 0.3 is 0 Å². The van der Waals surface area contributed by atoms with E-state index in [0.717, 1.165) is 19.4 Å². The zero-order valence-corrected chi connectivity index (χ0v) is 8.52. The molecular formula is C10H18N2. The quantitative estimate of drug-likeness (QED) is 0.469. The van der Waals surface area contributed by atoms with E-state index in [0.29, 0.717) is 5.71 Å². The van der Waals surface area contributed by atoms with Crippen molar-refractivity contribution in [3.05, 3.63) is 0 Å². The second-order valence-corrected chi connectivity index (χ2v) is 3.95. The molecule has 0 bridgehead atoms. The highest BCUT2D eigenvalue weighted by atomic mass is 14.7. The monoisotopic (exact) mass is 166 g/mol. The van der Waals surface area contributed by atoms with Gasteiger partial charge in [0.05, 0.1) is 0 Å². The van der Waals surface area contributed by atoms with Crippen LogP contribution >= 0.6 is 0 Å². The molecule has 0 aliphatic carbocycles. The van der Waals surface area contributed by atoms with Gasteiger partial charge in [0.25, 0.3) is 0 Å². The van der Waals surface area contributed by atoms with Gasteiger partial charge in [-0.25, -0.2) is 0 Å². The van der Waals surface area contributed by atoms with Crippen LogP contribution in [0.4, 0.5) is 0 Å². The zero-order chi connectivity index (χ0) is 9.61. The van der Waals surface area contributed by atoms with Gasteiger partial charge in [-0.15, -0.1) is 0 Å². The third-order valence-corrected chi connectivity index (χ3v) is 1.60. The molecule has 0 aliphatic heterocycles. The first-order valence-corrected chi connectivity index (χ1v) is 4.47. The number of nitriles is 1. The number of aliphatic imine (C=N–C) groups is 1. The summed E-state index contributed by atoms with van der Waals surface area (Å²) in [5.41, 5.74) is 0.568. The lowest BCUT2D eigenvalue weighted by Gasteiger charge is -2.15. The molecule has 68 valence electrons.